The van der Waals surface area contributed by atoms with Crippen LogP contribution in [0.5, 0.6) is 17.2 Å². The first-order valence-corrected chi connectivity index (χ1v) is 8.56. The number of carbonyl (C=O) groups is 2. The van der Waals surface area contributed by atoms with Crippen LogP contribution in [-0.2, 0) is 27.2 Å². The summed E-state index contributed by atoms with van der Waals surface area (Å²) in [6, 6.07) is 9.39. The Hall–Kier alpha value is -3.02. The Kier molecular flexibility index (Phi) is 5.35. The molecule has 0 saturated heterocycles. The van der Waals surface area contributed by atoms with Crippen molar-refractivity contribution in [2.45, 2.75) is 12.8 Å². The van der Waals surface area contributed by atoms with E-state index in [9.17, 15) is 9.59 Å². The molecular weight excluding hydrogens is 348 g/mol. The Labute approximate surface area is 158 Å². The molecule has 0 heterocycles. The smallest absolute Gasteiger partial charge is 0.316 e. The maximum absolute atomic E-state index is 12.8. The molecule has 0 aromatic heterocycles. The number of hydrogen-bond acceptors (Lipinski definition) is 6. The first kappa shape index (κ1) is 18.8. The van der Waals surface area contributed by atoms with E-state index in [1.807, 2.05) is 24.3 Å². The minimum absolute atomic E-state index is 0.146. The quantitative estimate of drug-likeness (QED) is 0.609. The zero-order chi connectivity index (χ0) is 19.6. The van der Waals surface area contributed by atoms with Gasteiger partial charge in [-0.2, -0.15) is 0 Å². The Morgan fingerprint density at radius 3 is 2.30 bits per heavy atom. The third kappa shape index (κ3) is 3.23. The van der Waals surface area contributed by atoms with Crippen molar-refractivity contribution in [3.05, 3.63) is 41.5 Å². The monoisotopic (exact) mass is 370 g/mol. The first-order chi connectivity index (χ1) is 13.0. The van der Waals surface area contributed by atoms with Crippen molar-refractivity contribution in [2.75, 3.05) is 28.4 Å². The van der Waals surface area contributed by atoms with Gasteiger partial charge < -0.3 is 18.9 Å². The van der Waals surface area contributed by atoms with Crippen LogP contribution in [0.15, 0.2) is 30.3 Å². The van der Waals surface area contributed by atoms with E-state index in [2.05, 4.69) is 0 Å². The van der Waals surface area contributed by atoms with Gasteiger partial charge >= 0.3 is 5.97 Å². The van der Waals surface area contributed by atoms with Crippen LogP contribution in [0.4, 0.5) is 0 Å². The first-order valence-electron chi connectivity index (χ1n) is 8.56. The molecule has 27 heavy (non-hydrogen) atoms. The number of methoxy groups -OCH3 is 4. The Balaban J connectivity index is 2.35. The van der Waals surface area contributed by atoms with Gasteiger partial charge in [-0.05, 0) is 29.2 Å². The molecule has 1 atom stereocenters. The summed E-state index contributed by atoms with van der Waals surface area (Å²) in [5.74, 6) is -0.146. The van der Waals surface area contributed by atoms with Crippen LogP contribution >= 0.6 is 0 Å². The van der Waals surface area contributed by atoms with Crippen LogP contribution in [0.25, 0.3) is 11.1 Å². The Morgan fingerprint density at radius 2 is 1.67 bits per heavy atom. The van der Waals surface area contributed by atoms with Gasteiger partial charge in [-0.15, -0.1) is 0 Å². The van der Waals surface area contributed by atoms with Crippen molar-refractivity contribution in [1.29, 1.82) is 0 Å². The van der Waals surface area contributed by atoms with Gasteiger partial charge in [-0.1, -0.05) is 24.3 Å². The number of ether oxygens (including phenoxy) is 4. The molecule has 1 unspecified atom stereocenters. The minimum atomic E-state index is -0.884. The van der Waals surface area contributed by atoms with Crippen LogP contribution in [0.3, 0.4) is 0 Å². The normalized spacial score (nSPS) is 15.7. The van der Waals surface area contributed by atoms with Gasteiger partial charge in [0.2, 0.25) is 5.75 Å². The Morgan fingerprint density at radius 1 is 0.963 bits per heavy atom. The van der Waals surface area contributed by atoms with E-state index in [4.69, 9.17) is 18.9 Å². The summed E-state index contributed by atoms with van der Waals surface area (Å²) in [4.78, 5) is 25.0. The predicted molar refractivity (Wildman–Crippen MR) is 99.5 cm³/mol. The molecule has 2 aromatic carbocycles. The highest BCUT2D eigenvalue weighted by atomic mass is 16.5. The van der Waals surface area contributed by atoms with Crippen molar-refractivity contribution in [2.24, 2.45) is 5.92 Å². The van der Waals surface area contributed by atoms with Crippen LogP contribution in [0.1, 0.15) is 11.1 Å². The highest BCUT2D eigenvalue weighted by Crippen LogP contribution is 2.48. The van der Waals surface area contributed by atoms with E-state index < -0.39 is 11.9 Å². The SMILES string of the molecule is COC(=O)C1Cc2cc(OC)c(OC)c(OC)c2-c2ccccc2CC1=O. The van der Waals surface area contributed by atoms with Gasteiger partial charge in [-0.3, -0.25) is 9.59 Å². The molecule has 2 aromatic rings. The molecule has 0 bridgehead atoms. The lowest BCUT2D eigenvalue weighted by Gasteiger charge is -2.25. The second-order valence-electron chi connectivity index (χ2n) is 6.26. The van der Waals surface area contributed by atoms with Gasteiger partial charge in [0, 0.05) is 12.0 Å². The Bertz CT molecular complexity index is 886. The molecule has 0 N–H and O–H groups in total. The molecule has 0 spiro atoms. The van der Waals surface area contributed by atoms with Gasteiger partial charge in [0.15, 0.2) is 17.3 Å². The third-order valence-corrected chi connectivity index (χ3v) is 4.86. The molecule has 0 aliphatic heterocycles. The number of benzene rings is 2. The zero-order valence-corrected chi connectivity index (χ0v) is 15.8. The summed E-state index contributed by atoms with van der Waals surface area (Å²) in [5.41, 5.74) is 3.26. The fraction of sp³-hybridized carbons (Fsp3) is 0.333. The topological polar surface area (TPSA) is 71.1 Å². The summed E-state index contributed by atoms with van der Waals surface area (Å²) < 4.78 is 21.5. The molecule has 6 nitrogen and oxygen atoms in total. The van der Waals surface area contributed by atoms with Gasteiger partial charge in [0.05, 0.1) is 28.4 Å². The lowest BCUT2D eigenvalue weighted by molar-refractivity contribution is -0.149. The van der Waals surface area contributed by atoms with Gasteiger partial charge in [0.25, 0.3) is 0 Å². The van der Waals surface area contributed by atoms with Crippen molar-refractivity contribution >= 4 is 11.8 Å². The summed E-state index contributed by atoms with van der Waals surface area (Å²) >= 11 is 0. The molecule has 0 radical (unpaired) electrons. The molecule has 142 valence electrons. The lowest BCUT2D eigenvalue weighted by atomic mass is 9.81. The van der Waals surface area contributed by atoms with Crippen molar-refractivity contribution < 1.29 is 28.5 Å². The van der Waals surface area contributed by atoms with E-state index in [1.54, 1.807) is 20.3 Å². The molecule has 6 heteroatoms. The van der Waals surface area contributed by atoms with E-state index in [0.29, 0.717) is 17.2 Å². The number of carbonyl (C=O) groups excluding carboxylic acids is 2. The number of esters is 1. The summed E-state index contributed by atoms with van der Waals surface area (Å²) in [5, 5.41) is 0. The molecule has 3 rings (SSSR count). The number of rotatable bonds is 4. The van der Waals surface area contributed by atoms with Crippen LogP contribution in [-0.4, -0.2) is 40.2 Å². The third-order valence-electron chi connectivity index (χ3n) is 4.86. The zero-order valence-electron chi connectivity index (χ0n) is 15.8. The van der Waals surface area contributed by atoms with Gasteiger partial charge in [-0.25, -0.2) is 0 Å². The predicted octanol–water partition coefficient (Wildman–Crippen LogP) is 2.84. The standard InChI is InChI=1S/C21H22O6/c1-24-17-11-13-9-15(21(23)27-4)16(22)10-12-7-5-6-8-14(12)18(13)20(26-3)19(17)25-2/h5-8,11,15H,9-10H2,1-4H3. The molecular formula is C21H22O6. The maximum Gasteiger partial charge on any atom is 0.316 e. The van der Waals surface area contributed by atoms with Crippen LogP contribution < -0.4 is 14.2 Å². The average molecular weight is 370 g/mol. The maximum atomic E-state index is 12.8. The number of ketones is 1. The fourth-order valence-corrected chi connectivity index (χ4v) is 3.58. The van der Waals surface area contributed by atoms with Crippen molar-refractivity contribution in [3.8, 4) is 28.4 Å². The highest BCUT2D eigenvalue weighted by Gasteiger charge is 2.34. The molecule has 1 aliphatic carbocycles. The second-order valence-corrected chi connectivity index (χ2v) is 6.26. The number of hydrogen-bond donors (Lipinski definition) is 0. The molecule has 0 fully saturated rings. The van der Waals surface area contributed by atoms with E-state index in [0.717, 1.165) is 22.3 Å². The summed E-state index contributed by atoms with van der Waals surface area (Å²) in [7, 11) is 5.92. The van der Waals surface area contributed by atoms with Crippen LogP contribution in [0, 0.1) is 5.92 Å². The van der Waals surface area contributed by atoms with Crippen LogP contribution in [0.2, 0.25) is 0 Å². The minimum Gasteiger partial charge on any atom is -0.493 e. The van der Waals surface area contributed by atoms with E-state index in [-0.39, 0.29) is 18.6 Å². The molecule has 0 saturated carbocycles. The van der Waals surface area contributed by atoms with Crippen molar-refractivity contribution in [1.82, 2.24) is 0 Å². The summed E-state index contributed by atoms with van der Waals surface area (Å²) in [6.45, 7) is 0. The average Bonchev–Trinajstić information content (AvgIpc) is 2.69. The van der Waals surface area contributed by atoms with E-state index in [1.165, 1.54) is 14.2 Å². The number of fused-ring (bicyclic) bond motifs is 3. The number of Topliss-reactive ketones (excluding diaryl/α,β-unsaturated/α-hetero) is 1. The molecule has 1 aliphatic rings. The van der Waals surface area contributed by atoms with E-state index >= 15 is 0 Å². The highest BCUT2D eigenvalue weighted by molar-refractivity contribution is 6.02. The lowest BCUT2D eigenvalue weighted by Crippen LogP contribution is -2.30. The largest absolute Gasteiger partial charge is 0.493 e. The van der Waals surface area contributed by atoms with Gasteiger partial charge in [0.1, 0.15) is 5.92 Å². The second kappa shape index (κ2) is 7.70. The molecule has 0 amide bonds. The summed E-state index contributed by atoms with van der Waals surface area (Å²) in [6.07, 6.45) is 0.346. The fourth-order valence-electron chi connectivity index (χ4n) is 3.58. The van der Waals surface area contributed by atoms with Crippen molar-refractivity contribution in [3.63, 3.8) is 0 Å².